The summed E-state index contributed by atoms with van der Waals surface area (Å²) in [6, 6.07) is 11.8. The van der Waals surface area contributed by atoms with Crippen molar-refractivity contribution in [3.8, 4) is 23.0 Å². The molecule has 20 nitrogen and oxygen atoms in total. The summed E-state index contributed by atoms with van der Waals surface area (Å²) in [5, 5.41) is 46.1. The van der Waals surface area contributed by atoms with E-state index in [4.69, 9.17) is 36.2 Å². The monoisotopic (exact) mass is 1440 g/mol. The maximum absolute atomic E-state index is 15.6. The summed E-state index contributed by atoms with van der Waals surface area (Å²) >= 11 is 0. The van der Waals surface area contributed by atoms with Gasteiger partial charge in [0.05, 0.1) is 48.8 Å². The Bertz CT molecular complexity index is 3190. The zero-order valence-electron chi connectivity index (χ0n) is 58.3. The molecule has 0 saturated heterocycles. The van der Waals surface area contributed by atoms with Gasteiger partial charge in [0.2, 0.25) is 29.5 Å². The van der Waals surface area contributed by atoms with Crippen LogP contribution in [0.15, 0.2) is 48.5 Å². The van der Waals surface area contributed by atoms with E-state index in [1.807, 2.05) is 0 Å². The van der Waals surface area contributed by atoms with Crippen molar-refractivity contribution in [2.45, 2.75) is 207 Å². The van der Waals surface area contributed by atoms with Gasteiger partial charge in [0, 0.05) is 52.3 Å². The van der Waals surface area contributed by atoms with Crippen LogP contribution in [-0.2, 0) is 98.4 Å². The molecule has 520 valence electrons. The van der Waals surface area contributed by atoms with E-state index in [1.54, 1.807) is 111 Å². The minimum atomic E-state index is -4.49. The van der Waals surface area contributed by atoms with Crippen molar-refractivity contribution < 1.29 is 93.1 Å². The number of rotatable bonds is 28. The molecule has 6 atom stereocenters. The first-order chi connectivity index (χ1) is 41.7. The van der Waals surface area contributed by atoms with E-state index in [9.17, 15) is 20.4 Å². The van der Waals surface area contributed by atoms with Gasteiger partial charge >= 0.3 is 15.2 Å². The molecule has 0 aliphatic heterocycles. The molecule has 0 spiro atoms. The van der Waals surface area contributed by atoms with E-state index in [0.717, 1.165) is 0 Å². The third-order valence-electron chi connectivity index (χ3n) is 14.5. The van der Waals surface area contributed by atoms with E-state index in [1.165, 1.54) is 102 Å². The first-order valence-corrected chi connectivity index (χ1v) is 48.3. The third-order valence-corrected chi connectivity index (χ3v) is 40.3. The predicted octanol–water partition coefficient (Wildman–Crippen LogP) is 19.8. The fraction of sp³-hybridized carbons (Fsp3) is 0.625. The van der Waals surface area contributed by atoms with Crippen LogP contribution in [0.1, 0.15) is 199 Å². The van der Waals surface area contributed by atoms with Gasteiger partial charge < -0.3 is 65.7 Å². The fourth-order valence-corrected chi connectivity index (χ4v) is 37.7. The number of fused-ring (bicyclic) bond motifs is 8. The van der Waals surface area contributed by atoms with Crippen LogP contribution >= 0.6 is 59.0 Å². The van der Waals surface area contributed by atoms with Crippen molar-refractivity contribution in [2.75, 3.05) is 53.3 Å². The summed E-state index contributed by atoms with van der Waals surface area (Å²) in [4.78, 5) is 0. The van der Waals surface area contributed by atoms with Crippen LogP contribution in [0.2, 0.25) is 0 Å². The predicted molar refractivity (Wildman–Crippen MR) is 373 cm³/mol. The van der Waals surface area contributed by atoms with Crippen molar-refractivity contribution in [3.63, 3.8) is 0 Å². The van der Waals surface area contributed by atoms with Crippen molar-refractivity contribution in [2.24, 2.45) is 0 Å². The molecule has 8 bridgehead atoms. The van der Waals surface area contributed by atoms with E-state index < -0.39 is 178 Å². The molecule has 0 aromatic heterocycles. The molecule has 0 fully saturated rings. The van der Waals surface area contributed by atoms with Crippen LogP contribution < -0.4 is 0 Å². The van der Waals surface area contributed by atoms with E-state index in [-0.39, 0.29) is 66.8 Å². The van der Waals surface area contributed by atoms with Gasteiger partial charge in [-0.2, -0.15) is 0 Å². The molecule has 4 aromatic carbocycles. The number of aromatic hydroxyl groups is 4. The summed E-state index contributed by atoms with van der Waals surface area (Å²) in [6.07, 6.45) is -7.16. The normalized spacial score (nSPS) is 17.9. The summed E-state index contributed by atoms with van der Waals surface area (Å²) < 4.78 is 172. The lowest BCUT2D eigenvalue weighted by Crippen LogP contribution is -2.15. The molecule has 0 radical (unpaired) electrons. The fourth-order valence-electron chi connectivity index (χ4n) is 12.6. The maximum atomic E-state index is 15.6. The van der Waals surface area contributed by atoms with Gasteiger partial charge in [-0.15, -0.1) is 0 Å². The van der Waals surface area contributed by atoms with E-state index in [2.05, 4.69) is 0 Å². The summed E-state index contributed by atoms with van der Waals surface area (Å²) in [6.45, 7) is 37.8. The average Bonchev–Trinajstić information content (AvgIpc) is 0.773. The highest BCUT2D eigenvalue weighted by Gasteiger charge is 2.51. The van der Waals surface area contributed by atoms with Gasteiger partial charge in [-0.1, -0.05) is 48.5 Å². The van der Waals surface area contributed by atoms with Crippen LogP contribution in [0.4, 0.5) is 0 Å². The first kappa shape index (κ1) is 80.3. The molecular formula is C64H104O20P8. The van der Waals surface area contributed by atoms with Gasteiger partial charge in [0.1, 0.15) is 58.9 Å². The van der Waals surface area contributed by atoms with Gasteiger partial charge in [-0.25, -0.2) is 0 Å². The molecule has 28 heteroatoms. The second-order valence-corrected chi connectivity index (χ2v) is 50.4. The van der Waals surface area contributed by atoms with Gasteiger partial charge in [-0.3, -0.25) is 27.4 Å². The summed E-state index contributed by atoms with van der Waals surface area (Å²) in [5.74, 6) is -1.67. The summed E-state index contributed by atoms with van der Waals surface area (Å²) in [5.41, 5.74) is 0.650. The van der Waals surface area contributed by atoms with Crippen LogP contribution in [0, 0.1) is 0 Å². The highest BCUT2D eigenvalue weighted by atomic mass is 31.2. The Morgan fingerprint density at radius 3 is 0.533 bits per heavy atom. The lowest BCUT2D eigenvalue weighted by Gasteiger charge is -2.33. The molecular weight excluding hydrogens is 1340 g/mol. The Kier molecular flexibility index (Phi) is 26.5. The largest absolute Gasteiger partial charge is 0.507 e. The number of phenols is 4. The molecule has 4 aromatic rings. The Balaban J connectivity index is 2.19. The number of hydrogen-bond acceptors (Lipinski definition) is 20. The molecule has 92 heavy (non-hydrogen) atoms. The van der Waals surface area contributed by atoms with Gasteiger partial charge in [-0.05, 0) is 204 Å². The minimum absolute atomic E-state index is 0.0260. The molecule has 0 heterocycles. The maximum Gasteiger partial charge on any atom is 0.345 e. The van der Waals surface area contributed by atoms with Gasteiger partial charge in [0.15, 0.2) is 0 Å². The molecule has 0 amide bonds. The van der Waals surface area contributed by atoms with E-state index in [0.29, 0.717) is 0 Å². The second-order valence-electron chi connectivity index (χ2n) is 27.8. The van der Waals surface area contributed by atoms with Crippen molar-refractivity contribution in [1.82, 2.24) is 0 Å². The van der Waals surface area contributed by atoms with Crippen LogP contribution in [0.3, 0.4) is 0 Å². The van der Waals surface area contributed by atoms with Crippen LogP contribution in [0.25, 0.3) is 0 Å². The Hall–Kier alpha value is -2.40. The zero-order chi connectivity index (χ0) is 70.3. The average molecular weight is 1440 g/mol. The highest BCUT2D eigenvalue weighted by Crippen LogP contribution is 2.80. The Morgan fingerprint density at radius 1 is 0.261 bits per heavy atom. The summed E-state index contributed by atoms with van der Waals surface area (Å²) in [7, 11) is -32.7. The lowest BCUT2D eigenvalue weighted by atomic mass is 9.89. The quantitative estimate of drug-likeness (QED) is 0.0338. The SMILES string of the molecule is CC(C)OP(C)(=O)C(c1cc2c(O)c(c1)Cc1cc(C(P(C)(C)=O)P(=O)(OC(C)C)OC(C)C)cc(c1O)Cc1cc(C(P(C)(=O)OC(C)C)P(C)(=O)OC(C)C)cc(c1O)Cc1cc(C(P(C)(C)=O)P(=O)(OC(C)C)OC(C)C)cc(c1O)C2)P(C)(=O)OC(C)C. The Labute approximate surface area is 547 Å². The smallest absolute Gasteiger partial charge is 0.345 e. The molecule has 0 saturated carbocycles. The molecule has 1 aliphatic carbocycles. The first-order valence-electron chi connectivity index (χ1n) is 31.2. The molecule has 6 unspecified atom stereocenters. The third kappa shape index (κ3) is 19.9. The van der Waals surface area contributed by atoms with Gasteiger partial charge in [0.25, 0.3) is 0 Å². The number of benzene rings is 4. The molecule has 4 N–H and O–H groups in total. The number of hydrogen-bond donors (Lipinski definition) is 4. The van der Waals surface area contributed by atoms with Crippen LogP contribution in [0.5, 0.6) is 23.0 Å². The lowest BCUT2D eigenvalue weighted by molar-refractivity contribution is 0.139. The van der Waals surface area contributed by atoms with Crippen molar-refractivity contribution in [1.29, 1.82) is 0 Å². The number of phenolic OH excluding ortho intramolecular Hbond substituents is 4. The highest BCUT2D eigenvalue weighted by molar-refractivity contribution is 7.77. The second kappa shape index (κ2) is 30.4. The minimum Gasteiger partial charge on any atom is -0.507 e. The van der Waals surface area contributed by atoms with Crippen LogP contribution in [-0.4, -0.2) is 123 Å². The van der Waals surface area contributed by atoms with Crippen molar-refractivity contribution >= 4 is 59.0 Å². The standard InChI is InChI=1S/C64H104O20P8/c1-37(2)77-87(21,71)63(88(22,72)78-38(3)4)55-33-49-25-45-29-53(61(85(17,18)69)91(75,81-41(9)10)82-42(11)12)31-47(57(45)65)27-51-35-56(64(89(23,73)79-39(5)6)90(24,74)80-40(7)8)36-52(60(51)68)28-48-32-54(30-46(58(48)66)26-50(34-55)59(49)67)62(86(19,20)70)92(76,83-43(13)14)84-44(15)16/h29-44,61-68H,25-28H2,1-24H3. The zero-order valence-corrected chi connectivity index (χ0v) is 65.4. The van der Waals surface area contributed by atoms with Crippen molar-refractivity contribution in [3.05, 3.63) is 115 Å². The molecule has 5 rings (SSSR count). The van der Waals surface area contributed by atoms with E-state index >= 15 is 36.5 Å². The Morgan fingerprint density at radius 2 is 0.402 bits per heavy atom. The topological polar surface area (TPSA) is 291 Å². The molecule has 1 aliphatic rings.